The summed E-state index contributed by atoms with van der Waals surface area (Å²) in [4.78, 5) is 22.3. The van der Waals surface area contributed by atoms with Crippen LogP contribution in [0.25, 0.3) is 0 Å². The molecule has 4 heteroatoms. The van der Waals surface area contributed by atoms with Crippen LogP contribution in [0.5, 0.6) is 0 Å². The van der Waals surface area contributed by atoms with Crippen LogP contribution in [0, 0.1) is 35.5 Å². The van der Waals surface area contributed by atoms with Crippen LogP contribution >= 0.6 is 0 Å². The van der Waals surface area contributed by atoms with Gasteiger partial charge in [-0.15, -0.1) is 0 Å². The number of fused-ring (bicyclic) bond motifs is 1. The highest BCUT2D eigenvalue weighted by atomic mass is 16.4. The van der Waals surface area contributed by atoms with Crippen molar-refractivity contribution in [3.8, 4) is 0 Å². The van der Waals surface area contributed by atoms with E-state index in [-0.39, 0.29) is 11.8 Å². The summed E-state index contributed by atoms with van der Waals surface area (Å²) in [5.74, 6) is -2.52. The molecule has 0 amide bonds. The van der Waals surface area contributed by atoms with Crippen LogP contribution in [0.3, 0.4) is 0 Å². The van der Waals surface area contributed by atoms with Crippen molar-refractivity contribution < 1.29 is 19.8 Å². The molecule has 0 aromatic heterocycles. The normalized spacial score (nSPS) is 49.9. The standard InChI is InChI=1S/C11H12O4/c12-10(13)8-4-1-2-5(7-3-6(4)7)9(8)11(14)15/h1-2,4-9H,3H2,(H,12,13)(H,14,15)/t4-,5+,6-,7+,8-,9+. The van der Waals surface area contributed by atoms with Crippen molar-refractivity contribution >= 4 is 11.9 Å². The van der Waals surface area contributed by atoms with E-state index in [0.29, 0.717) is 11.8 Å². The zero-order valence-corrected chi connectivity index (χ0v) is 8.04. The SMILES string of the molecule is O=C(O)[C@@H]1[C@@H]2C=C[C@@H]([C@@H]3C[C@H]23)[C@@H]1C(=O)O. The average Bonchev–Trinajstić information content (AvgIpc) is 2.96. The maximum absolute atomic E-state index is 11.1. The van der Waals surface area contributed by atoms with E-state index in [1.807, 2.05) is 12.2 Å². The maximum Gasteiger partial charge on any atom is 0.308 e. The van der Waals surface area contributed by atoms with Gasteiger partial charge < -0.3 is 10.2 Å². The molecule has 0 aromatic rings. The second-order valence-electron chi connectivity index (χ2n) is 4.83. The molecule has 2 N–H and O–H groups in total. The Labute approximate surface area is 86.6 Å². The van der Waals surface area contributed by atoms with Gasteiger partial charge in [0.2, 0.25) is 0 Å². The highest BCUT2D eigenvalue weighted by Crippen LogP contribution is 2.63. The summed E-state index contributed by atoms with van der Waals surface area (Å²) in [5, 5.41) is 18.2. The van der Waals surface area contributed by atoms with Gasteiger partial charge in [0.25, 0.3) is 0 Å². The first-order valence-electron chi connectivity index (χ1n) is 5.25. The maximum atomic E-state index is 11.1. The van der Waals surface area contributed by atoms with E-state index in [2.05, 4.69) is 0 Å². The van der Waals surface area contributed by atoms with Gasteiger partial charge in [-0.25, -0.2) is 0 Å². The predicted molar refractivity (Wildman–Crippen MR) is 50.0 cm³/mol. The fourth-order valence-corrected chi connectivity index (χ4v) is 3.55. The second-order valence-corrected chi connectivity index (χ2v) is 4.83. The lowest BCUT2D eigenvalue weighted by molar-refractivity contribution is -0.160. The van der Waals surface area contributed by atoms with Gasteiger partial charge in [0.15, 0.2) is 0 Å². The molecule has 0 aromatic carbocycles. The Hall–Kier alpha value is -1.32. The molecule has 2 bridgehead atoms. The topological polar surface area (TPSA) is 74.6 Å². The van der Waals surface area contributed by atoms with Crippen LogP contribution in [-0.4, -0.2) is 22.2 Å². The number of carboxylic acids is 2. The lowest BCUT2D eigenvalue weighted by Crippen LogP contribution is -2.46. The Morgan fingerprint density at radius 3 is 1.67 bits per heavy atom. The van der Waals surface area contributed by atoms with E-state index >= 15 is 0 Å². The van der Waals surface area contributed by atoms with Crippen LogP contribution in [0.1, 0.15) is 6.42 Å². The zero-order valence-electron chi connectivity index (χ0n) is 8.04. The lowest BCUT2D eigenvalue weighted by atomic mass is 9.62. The Morgan fingerprint density at radius 1 is 0.933 bits per heavy atom. The molecule has 0 unspecified atom stereocenters. The second kappa shape index (κ2) is 2.62. The summed E-state index contributed by atoms with van der Waals surface area (Å²) < 4.78 is 0. The van der Waals surface area contributed by atoms with Crippen LogP contribution in [-0.2, 0) is 9.59 Å². The molecular weight excluding hydrogens is 196 g/mol. The molecule has 4 rings (SSSR count). The zero-order chi connectivity index (χ0) is 10.7. The summed E-state index contributed by atoms with van der Waals surface area (Å²) in [6.45, 7) is 0. The Balaban J connectivity index is 2.02. The molecule has 4 aliphatic rings. The minimum absolute atomic E-state index is 0.0430. The van der Waals surface area contributed by atoms with Crippen molar-refractivity contribution in [3.63, 3.8) is 0 Å². The highest BCUT2D eigenvalue weighted by Gasteiger charge is 2.63. The Bertz CT molecular complexity index is 339. The molecule has 0 heterocycles. The summed E-state index contributed by atoms with van der Waals surface area (Å²) >= 11 is 0. The molecule has 4 aliphatic carbocycles. The summed E-state index contributed by atoms with van der Waals surface area (Å²) in [7, 11) is 0. The van der Waals surface area contributed by atoms with E-state index in [1.165, 1.54) is 0 Å². The molecule has 0 radical (unpaired) electrons. The van der Waals surface area contributed by atoms with E-state index in [1.54, 1.807) is 0 Å². The van der Waals surface area contributed by atoms with Gasteiger partial charge >= 0.3 is 11.9 Å². The first-order chi connectivity index (χ1) is 7.11. The lowest BCUT2D eigenvalue weighted by Gasteiger charge is -2.40. The summed E-state index contributed by atoms with van der Waals surface area (Å²) in [6, 6.07) is 0. The van der Waals surface area contributed by atoms with Crippen molar-refractivity contribution in [2.45, 2.75) is 6.42 Å². The van der Waals surface area contributed by atoms with E-state index in [0.717, 1.165) is 6.42 Å². The molecule has 4 nitrogen and oxygen atoms in total. The number of carbonyl (C=O) groups is 2. The molecule has 0 aliphatic heterocycles. The average molecular weight is 208 g/mol. The van der Waals surface area contributed by atoms with Crippen molar-refractivity contribution in [1.82, 2.24) is 0 Å². The van der Waals surface area contributed by atoms with E-state index < -0.39 is 23.8 Å². The van der Waals surface area contributed by atoms with E-state index in [4.69, 9.17) is 10.2 Å². The molecule has 0 saturated heterocycles. The molecule has 6 atom stereocenters. The third-order valence-electron chi connectivity index (χ3n) is 4.22. The van der Waals surface area contributed by atoms with Crippen LogP contribution in [0.15, 0.2) is 12.2 Å². The molecule has 2 fully saturated rings. The summed E-state index contributed by atoms with van der Waals surface area (Å²) in [5.41, 5.74) is 0. The Morgan fingerprint density at radius 2 is 1.33 bits per heavy atom. The van der Waals surface area contributed by atoms with Crippen LogP contribution < -0.4 is 0 Å². The van der Waals surface area contributed by atoms with E-state index in [9.17, 15) is 9.59 Å². The predicted octanol–water partition coefficient (Wildman–Crippen LogP) is 0.840. The van der Waals surface area contributed by atoms with Crippen LogP contribution in [0.2, 0.25) is 0 Å². The third kappa shape index (κ3) is 1.02. The smallest absolute Gasteiger partial charge is 0.308 e. The first kappa shape index (κ1) is 8.95. The van der Waals surface area contributed by atoms with Crippen molar-refractivity contribution in [3.05, 3.63) is 12.2 Å². The van der Waals surface area contributed by atoms with Crippen LogP contribution in [0.4, 0.5) is 0 Å². The van der Waals surface area contributed by atoms with Gasteiger partial charge in [-0.05, 0) is 30.1 Å². The van der Waals surface area contributed by atoms with Gasteiger partial charge in [-0.2, -0.15) is 0 Å². The fraction of sp³-hybridized carbons (Fsp3) is 0.636. The van der Waals surface area contributed by atoms with Gasteiger partial charge in [-0.1, -0.05) is 12.2 Å². The fourth-order valence-electron chi connectivity index (χ4n) is 3.55. The highest BCUT2D eigenvalue weighted by molar-refractivity contribution is 5.82. The van der Waals surface area contributed by atoms with Gasteiger partial charge in [0.1, 0.15) is 0 Å². The number of carboxylic acid groups (broad SMARTS) is 2. The van der Waals surface area contributed by atoms with Crippen molar-refractivity contribution in [1.29, 1.82) is 0 Å². The van der Waals surface area contributed by atoms with Gasteiger partial charge in [0, 0.05) is 0 Å². The number of hydrogen-bond acceptors (Lipinski definition) is 2. The number of hydrogen-bond donors (Lipinski definition) is 2. The molecule has 80 valence electrons. The Kier molecular flexibility index (Phi) is 1.56. The quantitative estimate of drug-likeness (QED) is 0.659. The molecular formula is C11H12O4. The minimum Gasteiger partial charge on any atom is -0.481 e. The minimum atomic E-state index is -0.952. The van der Waals surface area contributed by atoms with Crippen molar-refractivity contribution in [2.75, 3.05) is 0 Å². The molecule has 15 heavy (non-hydrogen) atoms. The largest absolute Gasteiger partial charge is 0.481 e. The monoisotopic (exact) mass is 208 g/mol. The molecule has 2 saturated carbocycles. The number of rotatable bonds is 2. The van der Waals surface area contributed by atoms with Gasteiger partial charge in [0.05, 0.1) is 11.8 Å². The molecule has 0 spiro atoms. The summed E-state index contributed by atoms with van der Waals surface area (Å²) in [6.07, 6.45) is 4.87. The van der Waals surface area contributed by atoms with Crippen molar-refractivity contribution in [2.24, 2.45) is 35.5 Å². The number of allylic oxidation sites excluding steroid dienone is 2. The first-order valence-corrected chi connectivity index (χ1v) is 5.25. The van der Waals surface area contributed by atoms with Gasteiger partial charge in [-0.3, -0.25) is 9.59 Å². The third-order valence-corrected chi connectivity index (χ3v) is 4.22. The number of aliphatic carboxylic acids is 2.